The molecule has 1 saturated heterocycles. The summed E-state index contributed by atoms with van der Waals surface area (Å²) in [5.41, 5.74) is 2.16. The highest BCUT2D eigenvalue weighted by molar-refractivity contribution is 5.89. The highest BCUT2D eigenvalue weighted by atomic mass is 16.2. The lowest BCUT2D eigenvalue weighted by atomic mass is 10.0. The zero-order chi connectivity index (χ0) is 21.2. The Kier molecular flexibility index (Phi) is 9.03. The van der Waals surface area contributed by atoms with Crippen LogP contribution in [-0.4, -0.2) is 47.9 Å². The molecule has 0 aromatic heterocycles. The Morgan fingerprint density at radius 1 is 0.933 bits per heavy atom. The Morgan fingerprint density at radius 3 is 2.37 bits per heavy atom. The maximum Gasteiger partial charge on any atom is 0.321 e. The molecule has 1 N–H and O–H groups in total. The minimum Gasteiger partial charge on any atom is -0.341 e. The zero-order valence-electron chi connectivity index (χ0n) is 18.7. The minimum absolute atomic E-state index is 0.0611. The van der Waals surface area contributed by atoms with Gasteiger partial charge in [-0.2, -0.15) is 0 Å². The minimum atomic E-state index is -0.0611. The molecule has 2 fully saturated rings. The number of urea groups is 1. The van der Waals surface area contributed by atoms with Crippen LogP contribution in [0.5, 0.6) is 0 Å². The van der Waals surface area contributed by atoms with Crippen LogP contribution in [0.2, 0.25) is 0 Å². The van der Waals surface area contributed by atoms with Gasteiger partial charge in [-0.15, -0.1) is 0 Å². The number of amides is 3. The first-order chi connectivity index (χ1) is 14.7. The molecule has 3 rings (SSSR count). The lowest BCUT2D eigenvalue weighted by molar-refractivity contribution is -0.131. The quantitative estimate of drug-likeness (QED) is 0.576. The molecule has 166 valence electrons. The van der Waals surface area contributed by atoms with Crippen molar-refractivity contribution in [3.63, 3.8) is 0 Å². The molecule has 0 unspecified atom stereocenters. The van der Waals surface area contributed by atoms with Crippen molar-refractivity contribution in [2.75, 3.05) is 31.5 Å². The fourth-order valence-corrected chi connectivity index (χ4v) is 4.69. The predicted molar refractivity (Wildman–Crippen MR) is 123 cm³/mol. The van der Waals surface area contributed by atoms with E-state index < -0.39 is 0 Å². The Morgan fingerprint density at radius 2 is 1.63 bits per heavy atom. The second-order valence-electron chi connectivity index (χ2n) is 8.99. The Hall–Kier alpha value is -2.04. The maximum absolute atomic E-state index is 12.7. The number of rotatable bonds is 8. The molecule has 0 atom stereocenters. The normalized spacial score (nSPS) is 17.8. The molecule has 1 aliphatic carbocycles. The number of nitrogens with zero attached hydrogens (tertiary/aromatic N) is 2. The Bertz CT molecular complexity index is 667. The first-order valence-electron chi connectivity index (χ1n) is 12.1. The van der Waals surface area contributed by atoms with Crippen molar-refractivity contribution in [2.45, 2.75) is 77.6 Å². The van der Waals surface area contributed by atoms with Crippen LogP contribution < -0.4 is 5.32 Å². The van der Waals surface area contributed by atoms with Crippen LogP contribution in [0.4, 0.5) is 10.5 Å². The summed E-state index contributed by atoms with van der Waals surface area (Å²) in [5.74, 6) is 1.02. The van der Waals surface area contributed by atoms with Crippen molar-refractivity contribution in [3.8, 4) is 0 Å². The number of carbonyl (C=O) groups excluding carboxylic acids is 2. The molecule has 5 nitrogen and oxygen atoms in total. The number of nitrogens with one attached hydrogen (secondary N) is 1. The molecule has 3 amide bonds. The first kappa shape index (κ1) is 22.6. The third kappa shape index (κ3) is 7.03. The number of benzene rings is 1. The summed E-state index contributed by atoms with van der Waals surface area (Å²) in [4.78, 5) is 29.1. The first-order valence-corrected chi connectivity index (χ1v) is 12.1. The monoisotopic (exact) mass is 413 g/mol. The maximum atomic E-state index is 12.7. The smallest absolute Gasteiger partial charge is 0.321 e. The Balaban J connectivity index is 1.41. The van der Waals surface area contributed by atoms with Crippen LogP contribution in [0.1, 0.15) is 76.7 Å². The second kappa shape index (κ2) is 12.0. The fourth-order valence-electron chi connectivity index (χ4n) is 4.69. The second-order valence-corrected chi connectivity index (χ2v) is 8.99. The number of aryl methyl sites for hydroxylation is 1. The molecule has 1 aliphatic heterocycles. The van der Waals surface area contributed by atoms with Crippen molar-refractivity contribution in [1.82, 2.24) is 9.80 Å². The van der Waals surface area contributed by atoms with E-state index in [9.17, 15) is 9.59 Å². The van der Waals surface area contributed by atoms with Crippen molar-refractivity contribution in [3.05, 3.63) is 29.8 Å². The highest BCUT2D eigenvalue weighted by Gasteiger charge is 2.23. The molecule has 0 radical (unpaired) electrons. The summed E-state index contributed by atoms with van der Waals surface area (Å²) in [7, 11) is 0. The lowest BCUT2D eigenvalue weighted by Crippen LogP contribution is -2.39. The van der Waals surface area contributed by atoms with Gasteiger partial charge >= 0.3 is 6.03 Å². The van der Waals surface area contributed by atoms with Crippen LogP contribution in [0, 0.1) is 5.92 Å². The molecule has 1 heterocycles. The van der Waals surface area contributed by atoms with Gasteiger partial charge in [-0.3, -0.25) is 4.79 Å². The summed E-state index contributed by atoms with van der Waals surface area (Å²) >= 11 is 0. The van der Waals surface area contributed by atoms with E-state index in [2.05, 4.69) is 24.4 Å². The molecule has 1 aromatic carbocycles. The van der Waals surface area contributed by atoms with E-state index in [-0.39, 0.29) is 11.9 Å². The molecule has 1 aromatic rings. The van der Waals surface area contributed by atoms with Gasteiger partial charge in [-0.05, 0) is 49.3 Å². The van der Waals surface area contributed by atoms with Gasteiger partial charge in [-0.25, -0.2) is 4.79 Å². The van der Waals surface area contributed by atoms with Gasteiger partial charge in [0.1, 0.15) is 0 Å². The molecule has 0 spiro atoms. The van der Waals surface area contributed by atoms with Crippen LogP contribution >= 0.6 is 0 Å². The third-order valence-corrected chi connectivity index (χ3v) is 6.65. The summed E-state index contributed by atoms with van der Waals surface area (Å²) in [5, 5.41) is 3.02. The highest BCUT2D eigenvalue weighted by Crippen LogP contribution is 2.28. The molecule has 30 heavy (non-hydrogen) atoms. The molecule has 0 bridgehead atoms. The van der Waals surface area contributed by atoms with Gasteiger partial charge < -0.3 is 15.1 Å². The Labute approximate surface area is 182 Å². The number of unbranched alkanes of at least 4 members (excludes halogenated alkanes) is 2. The predicted octanol–water partition coefficient (Wildman–Crippen LogP) is 5.46. The standard InChI is InChI=1S/C25H39N3O2/c1-2-3-4-8-22-11-14-23(15-12-22)26-25(30)28-18-7-17-27(19-20-28)24(29)16-13-21-9-5-6-10-21/h11-12,14-15,21H,2-10,13,16-20H2,1H3,(H,26,30). The van der Waals surface area contributed by atoms with Crippen molar-refractivity contribution < 1.29 is 9.59 Å². The van der Waals surface area contributed by atoms with Gasteiger partial charge in [0.25, 0.3) is 0 Å². The van der Waals surface area contributed by atoms with Crippen molar-refractivity contribution in [2.24, 2.45) is 5.92 Å². The summed E-state index contributed by atoms with van der Waals surface area (Å²) in [6.07, 6.45) is 12.6. The van der Waals surface area contributed by atoms with E-state index in [1.807, 2.05) is 21.9 Å². The van der Waals surface area contributed by atoms with Crippen LogP contribution in [0.3, 0.4) is 0 Å². The zero-order valence-corrected chi connectivity index (χ0v) is 18.7. The van der Waals surface area contributed by atoms with E-state index in [0.29, 0.717) is 26.1 Å². The molecule has 2 aliphatic rings. The summed E-state index contributed by atoms with van der Waals surface area (Å²) in [6.45, 7) is 4.93. The summed E-state index contributed by atoms with van der Waals surface area (Å²) < 4.78 is 0. The van der Waals surface area contributed by atoms with E-state index in [0.717, 1.165) is 37.4 Å². The molecular formula is C25H39N3O2. The van der Waals surface area contributed by atoms with Crippen LogP contribution in [-0.2, 0) is 11.2 Å². The van der Waals surface area contributed by atoms with Gasteiger partial charge in [0.05, 0.1) is 0 Å². The van der Waals surface area contributed by atoms with E-state index >= 15 is 0 Å². The largest absolute Gasteiger partial charge is 0.341 e. The van der Waals surface area contributed by atoms with Gasteiger partial charge in [0.2, 0.25) is 5.91 Å². The number of carbonyl (C=O) groups is 2. The van der Waals surface area contributed by atoms with E-state index in [4.69, 9.17) is 0 Å². The van der Waals surface area contributed by atoms with Crippen LogP contribution in [0.15, 0.2) is 24.3 Å². The number of anilines is 1. The van der Waals surface area contributed by atoms with E-state index in [1.165, 1.54) is 50.5 Å². The van der Waals surface area contributed by atoms with Gasteiger partial charge in [-0.1, -0.05) is 57.6 Å². The van der Waals surface area contributed by atoms with Crippen molar-refractivity contribution >= 4 is 17.6 Å². The summed E-state index contributed by atoms with van der Waals surface area (Å²) in [6, 6.07) is 8.15. The molecular weight excluding hydrogens is 374 g/mol. The third-order valence-electron chi connectivity index (χ3n) is 6.65. The number of hydrogen-bond donors (Lipinski definition) is 1. The number of hydrogen-bond acceptors (Lipinski definition) is 2. The van der Waals surface area contributed by atoms with Gasteiger partial charge in [0.15, 0.2) is 0 Å². The topological polar surface area (TPSA) is 52.7 Å². The average Bonchev–Trinajstić information content (AvgIpc) is 3.15. The SMILES string of the molecule is CCCCCc1ccc(NC(=O)N2CCCN(C(=O)CCC3CCCC3)CC2)cc1. The molecule has 5 heteroatoms. The lowest BCUT2D eigenvalue weighted by Gasteiger charge is -2.23. The van der Waals surface area contributed by atoms with Gasteiger partial charge in [0, 0.05) is 38.3 Å². The van der Waals surface area contributed by atoms with Crippen LogP contribution in [0.25, 0.3) is 0 Å². The average molecular weight is 414 g/mol. The van der Waals surface area contributed by atoms with E-state index in [1.54, 1.807) is 0 Å². The molecule has 1 saturated carbocycles. The fraction of sp³-hybridized carbons (Fsp3) is 0.680. The van der Waals surface area contributed by atoms with Crippen molar-refractivity contribution in [1.29, 1.82) is 0 Å².